The Bertz CT molecular complexity index is 590. The number of rotatable bonds is 2. The van der Waals surface area contributed by atoms with Gasteiger partial charge in [0.25, 0.3) is 5.91 Å². The largest absolute Gasteiger partial charge is 0.456 e. The fourth-order valence-corrected chi connectivity index (χ4v) is 5.09. The van der Waals surface area contributed by atoms with E-state index in [-0.39, 0.29) is 11.8 Å². The molecule has 0 aromatic heterocycles. The van der Waals surface area contributed by atoms with Crippen molar-refractivity contribution >= 4 is 5.91 Å². The molecule has 4 fully saturated rings. The Morgan fingerprint density at radius 2 is 2.08 bits per heavy atom. The third-order valence-electron chi connectivity index (χ3n) is 6.37. The van der Waals surface area contributed by atoms with Gasteiger partial charge in [-0.2, -0.15) is 0 Å². The van der Waals surface area contributed by atoms with Crippen LogP contribution < -0.4 is 5.32 Å². The molecule has 5 rings (SSSR count). The van der Waals surface area contributed by atoms with Crippen LogP contribution in [0.5, 0.6) is 0 Å². The summed E-state index contributed by atoms with van der Waals surface area (Å²) >= 11 is 0. The van der Waals surface area contributed by atoms with Crippen LogP contribution in [0.4, 0.5) is 0 Å². The van der Waals surface area contributed by atoms with E-state index in [4.69, 9.17) is 19.2 Å². The van der Waals surface area contributed by atoms with Crippen molar-refractivity contribution in [3.63, 3.8) is 0 Å². The van der Waals surface area contributed by atoms with Gasteiger partial charge in [0, 0.05) is 24.8 Å². The molecule has 2 bridgehead atoms. The van der Waals surface area contributed by atoms with Crippen LogP contribution in [-0.2, 0) is 24.0 Å². The Kier molecular flexibility index (Phi) is 3.71. The van der Waals surface area contributed by atoms with Crippen molar-refractivity contribution in [1.29, 1.82) is 0 Å². The van der Waals surface area contributed by atoms with Gasteiger partial charge in [0.15, 0.2) is 11.4 Å². The number of ether oxygens (including phenoxy) is 2. The highest BCUT2D eigenvalue weighted by Gasteiger charge is 2.68. The minimum atomic E-state index is -0.810. The van der Waals surface area contributed by atoms with Gasteiger partial charge in [-0.15, -0.1) is 0 Å². The third kappa shape index (κ3) is 2.09. The van der Waals surface area contributed by atoms with Gasteiger partial charge < -0.3 is 14.8 Å². The minimum Gasteiger partial charge on any atom is -0.456 e. The molecule has 3 saturated heterocycles. The molecule has 2 unspecified atom stereocenters. The Balaban J connectivity index is 1.81. The Labute approximate surface area is 142 Å². The van der Waals surface area contributed by atoms with Crippen molar-refractivity contribution in [3.05, 3.63) is 11.3 Å². The fraction of sp³-hybridized carbons (Fsp3) is 0.833. The zero-order valence-corrected chi connectivity index (χ0v) is 14.9. The van der Waals surface area contributed by atoms with Crippen molar-refractivity contribution in [2.45, 2.75) is 71.1 Å². The van der Waals surface area contributed by atoms with Crippen molar-refractivity contribution in [2.24, 2.45) is 17.8 Å². The molecule has 0 aromatic rings. The highest BCUT2D eigenvalue weighted by molar-refractivity contribution is 5.92. The van der Waals surface area contributed by atoms with Crippen LogP contribution in [0.15, 0.2) is 11.3 Å². The summed E-state index contributed by atoms with van der Waals surface area (Å²) in [6.45, 7) is 8.61. The number of carbonyl (C=O) groups excluding carboxylic acids is 1. The summed E-state index contributed by atoms with van der Waals surface area (Å²) in [6, 6.07) is 0. The molecule has 6 nitrogen and oxygen atoms in total. The van der Waals surface area contributed by atoms with Crippen LogP contribution in [0.25, 0.3) is 0 Å². The Hall–Kier alpha value is -1.11. The molecular formula is C18H27NO5. The van der Waals surface area contributed by atoms with Gasteiger partial charge in [-0.05, 0) is 51.5 Å². The first-order valence-electron chi connectivity index (χ1n) is 9.11. The maximum absolute atomic E-state index is 12.5. The molecule has 134 valence electrons. The van der Waals surface area contributed by atoms with E-state index in [0.717, 1.165) is 31.3 Å². The number of hydrogen-bond acceptors (Lipinski definition) is 5. The summed E-state index contributed by atoms with van der Waals surface area (Å²) in [5, 5.41) is 2.84. The van der Waals surface area contributed by atoms with Crippen LogP contribution in [0.3, 0.4) is 0 Å². The normalized spacial score (nSPS) is 46.8. The van der Waals surface area contributed by atoms with E-state index in [9.17, 15) is 4.79 Å². The maximum Gasteiger partial charge on any atom is 0.286 e. The lowest BCUT2D eigenvalue weighted by Crippen LogP contribution is -2.67. The van der Waals surface area contributed by atoms with E-state index in [2.05, 4.69) is 12.2 Å². The zero-order chi connectivity index (χ0) is 17.1. The first-order valence-corrected chi connectivity index (χ1v) is 9.11. The standard InChI is InChI=1S/C18H27NO5/c1-5-19-15(20)14-11(3)13-7-6-10(2)12-8-9-17(4)22-16(21-14)18(12,13)24-23-17/h10,12-13,16H,5-9H2,1-4H3,(H,19,20)/t10-,12+,13+,16?,17?,18-/m1/s1. The summed E-state index contributed by atoms with van der Waals surface area (Å²) in [4.78, 5) is 24.2. The van der Waals surface area contributed by atoms with Crippen LogP contribution in [0.1, 0.15) is 53.4 Å². The monoisotopic (exact) mass is 337 g/mol. The topological polar surface area (TPSA) is 66.0 Å². The van der Waals surface area contributed by atoms with Crippen LogP contribution in [-0.4, -0.2) is 30.1 Å². The zero-order valence-electron chi connectivity index (χ0n) is 14.9. The first-order chi connectivity index (χ1) is 11.4. The van der Waals surface area contributed by atoms with E-state index >= 15 is 0 Å². The van der Waals surface area contributed by atoms with Crippen molar-refractivity contribution in [2.75, 3.05) is 6.54 Å². The molecule has 1 aliphatic carbocycles. The summed E-state index contributed by atoms with van der Waals surface area (Å²) < 4.78 is 12.3. The average molecular weight is 337 g/mol. The van der Waals surface area contributed by atoms with E-state index in [0.29, 0.717) is 24.1 Å². The fourth-order valence-electron chi connectivity index (χ4n) is 5.09. The molecule has 6 heteroatoms. The molecule has 1 N–H and O–H groups in total. The van der Waals surface area contributed by atoms with Crippen LogP contribution in [0, 0.1) is 17.8 Å². The van der Waals surface area contributed by atoms with E-state index in [1.54, 1.807) is 0 Å². The Morgan fingerprint density at radius 1 is 1.29 bits per heavy atom. The molecule has 1 spiro atoms. The van der Waals surface area contributed by atoms with Crippen molar-refractivity contribution in [3.8, 4) is 0 Å². The van der Waals surface area contributed by atoms with Gasteiger partial charge in [-0.1, -0.05) is 6.92 Å². The lowest BCUT2D eigenvalue weighted by atomic mass is 9.59. The lowest BCUT2D eigenvalue weighted by molar-refractivity contribution is -0.555. The molecule has 6 atom stereocenters. The maximum atomic E-state index is 12.5. The van der Waals surface area contributed by atoms with E-state index < -0.39 is 17.7 Å². The van der Waals surface area contributed by atoms with E-state index in [1.165, 1.54) is 0 Å². The summed E-state index contributed by atoms with van der Waals surface area (Å²) in [5.41, 5.74) is 0.306. The third-order valence-corrected chi connectivity index (χ3v) is 6.37. The number of fused-ring (bicyclic) bond motifs is 2. The lowest BCUT2D eigenvalue weighted by Gasteiger charge is -2.57. The summed E-state index contributed by atoms with van der Waals surface area (Å²) in [7, 11) is 0. The van der Waals surface area contributed by atoms with Crippen molar-refractivity contribution in [1.82, 2.24) is 5.32 Å². The molecule has 24 heavy (non-hydrogen) atoms. The summed E-state index contributed by atoms with van der Waals surface area (Å²) in [6.07, 6.45) is 3.22. The van der Waals surface area contributed by atoms with Gasteiger partial charge in [-0.3, -0.25) is 4.79 Å². The van der Waals surface area contributed by atoms with Crippen LogP contribution in [0.2, 0.25) is 0 Å². The van der Waals surface area contributed by atoms with Gasteiger partial charge >= 0.3 is 0 Å². The Morgan fingerprint density at radius 3 is 2.83 bits per heavy atom. The number of likely N-dealkylation sites (N-methyl/N-ethyl adjacent to an activating group) is 1. The average Bonchev–Trinajstić information content (AvgIpc) is 2.77. The molecule has 4 aliphatic heterocycles. The van der Waals surface area contributed by atoms with Gasteiger partial charge in [0.05, 0.1) is 0 Å². The highest BCUT2D eigenvalue weighted by atomic mass is 17.3. The predicted octanol–water partition coefficient (Wildman–Crippen LogP) is 2.64. The van der Waals surface area contributed by atoms with E-state index in [1.807, 2.05) is 20.8 Å². The molecule has 0 aromatic carbocycles. The SMILES string of the molecule is CCNC(=O)C1=C(C)[C@@H]2CC[C@@H](C)[C@@H]3CCC4(C)OO[C@@]23C(O1)O4. The first kappa shape index (κ1) is 16.4. The summed E-state index contributed by atoms with van der Waals surface area (Å²) in [5.74, 6) is 0.308. The van der Waals surface area contributed by atoms with Crippen molar-refractivity contribution < 1.29 is 24.0 Å². The van der Waals surface area contributed by atoms with Gasteiger partial charge in [0.2, 0.25) is 12.1 Å². The quantitative estimate of drug-likeness (QED) is 0.785. The second-order valence-electron chi connectivity index (χ2n) is 7.85. The predicted molar refractivity (Wildman–Crippen MR) is 85.3 cm³/mol. The highest BCUT2D eigenvalue weighted by Crippen LogP contribution is 2.60. The number of carbonyl (C=O) groups is 1. The second-order valence-corrected chi connectivity index (χ2v) is 7.85. The minimum absolute atomic E-state index is 0.0812. The molecule has 1 amide bonds. The van der Waals surface area contributed by atoms with Crippen LogP contribution >= 0.6 is 0 Å². The molecular weight excluding hydrogens is 310 g/mol. The second kappa shape index (κ2) is 5.44. The molecule has 1 saturated carbocycles. The number of hydrogen-bond donors (Lipinski definition) is 1. The molecule has 4 heterocycles. The smallest absolute Gasteiger partial charge is 0.286 e. The van der Waals surface area contributed by atoms with Gasteiger partial charge in [0.1, 0.15) is 0 Å². The molecule has 5 aliphatic rings. The van der Waals surface area contributed by atoms with Gasteiger partial charge in [-0.25, -0.2) is 9.78 Å². The number of nitrogens with one attached hydrogen (secondary N) is 1. The number of amides is 1. The molecule has 0 radical (unpaired) electrons.